The molecule has 0 atom stereocenters. The monoisotopic (exact) mass is 446 g/mol. The number of hydrogen-bond acceptors (Lipinski definition) is 0. The van der Waals surface area contributed by atoms with Crippen molar-refractivity contribution in [2.24, 2.45) is 0 Å². The second-order valence-corrected chi connectivity index (χ2v) is 12.1. The van der Waals surface area contributed by atoms with Gasteiger partial charge in [-0.05, 0) is 79.1 Å². The topological polar surface area (TPSA) is 0 Å². The first kappa shape index (κ1) is 30.9. The van der Waals surface area contributed by atoms with Gasteiger partial charge in [0, 0.05) is 12.8 Å². The number of unbranched alkanes of at least 4 members (excludes halogenated alkanes) is 1. The van der Waals surface area contributed by atoms with Crippen LogP contribution < -0.4 is 0 Å². The quantitative estimate of drug-likeness (QED) is 0.120. The van der Waals surface area contributed by atoms with Crippen LogP contribution in [0.4, 0.5) is 0 Å². The largest absolute Gasteiger partial charge is 0.331 e. The van der Waals surface area contributed by atoms with Gasteiger partial charge in [0.05, 0.1) is 55.4 Å². The van der Waals surface area contributed by atoms with E-state index in [0.29, 0.717) is 0 Å². The lowest BCUT2D eigenvalue weighted by Gasteiger charge is -2.23. The molecule has 0 aliphatic heterocycles. The van der Waals surface area contributed by atoms with E-state index in [9.17, 15) is 0 Å². The van der Waals surface area contributed by atoms with E-state index in [1.165, 1.54) is 82.9 Å². The van der Waals surface area contributed by atoms with Crippen molar-refractivity contribution < 1.29 is 8.97 Å². The molecule has 0 aromatic carbocycles. The maximum absolute atomic E-state index is 2.45. The van der Waals surface area contributed by atoms with E-state index in [4.69, 9.17) is 0 Å². The highest BCUT2D eigenvalue weighted by molar-refractivity contribution is 5.07. The zero-order valence-electron chi connectivity index (χ0n) is 23.7. The molecule has 0 saturated heterocycles. The van der Waals surface area contributed by atoms with E-state index in [2.05, 4.69) is 94.3 Å². The Morgan fingerprint density at radius 3 is 1.03 bits per heavy atom. The first-order chi connectivity index (χ1) is 14.8. The van der Waals surface area contributed by atoms with Crippen molar-refractivity contribution >= 4 is 0 Å². The molecule has 0 saturated carbocycles. The molecule has 0 bridgehead atoms. The maximum Gasteiger partial charge on any atom is 0.0783 e. The van der Waals surface area contributed by atoms with Gasteiger partial charge in [-0.1, -0.05) is 46.6 Å². The van der Waals surface area contributed by atoms with Crippen molar-refractivity contribution in [1.82, 2.24) is 0 Å². The van der Waals surface area contributed by atoms with E-state index < -0.39 is 0 Å². The number of quaternary nitrogens is 2. The summed E-state index contributed by atoms with van der Waals surface area (Å²) in [6.45, 7) is 11.7. The molecule has 0 amide bonds. The van der Waals surface area contributed by atoms with Crippen LogP contribution >= 0.6 is 0 Å². The van der Waals surface area contributed by atoms with Crippen molar-refractivity contribution in [3.63, 3.8) is 0 Å². The first-order valence-corrected chi connectivity index (χ1v) is 13.0. The van der Waals surface area contributed by atoms with Crippen LogP contribution in [0.25, 0.3) is 0 Å². The number of nitrogens with zero attached hydrogens (tertiary/aromatic N) is 2. The Bertz CT molecular complexity index is 618. The lowest BCUT2D eigenvalue weighted by Crippen LogP contribution is -2.35. The highest BCUT2D eigenvalue weighted by Crippen LogP contribution is 2.14. The molecule has 186 valence electrons. The van der Waals surface area contributed by atoms with Gasteiger partial charge in [0.2, 0.25) is 0 Å². The minimum atomic E-state index is 1.07. The minimum Gasteiger partial charge on any atom is -0.331 e. The molecule has 0 aliphatic carbocycles. The number of rotatable bonds is 17. The Morgan fingerprint density at radius 2 is 0.719 bits per heavy atom. The van der Waals surface area contributed by atoms with Crippen LogP contribution in [-0.2, 0) is 0 Å². The third kappa shape index (κ3) is 22.1. The van der Waals surface area contributed by atoms with Gasteiger partial charge < -0.3 is 8.97 Å². The Labute approximate surface area is 203 Å². The van der Waals surface area contributed by atoms with Crippen molar-refractivity contribution in [2.45, 2.75) is 91.9 Å². The molecule has 0 N–H and O–H groups in total. The van der Waals surface area contributed by atoms with Crippen molar-refractivity contribution in [2.75, 3.05) is 55.4 Å². The van der Waals surface area contributed by atoms with E-state index in [1.807, 2.05) is 0 Å². The highest BCUT2D eigenvalue weighted by atomic mass is 15.3. The minimum absolute atomic E-state index is 1.07. The Kier molecular flexibility index (Phi) is 15.9. The zero-order chi connectivity index (χ0) is 24.6. The number of hydrogen-bond donors (Lipinski definition) is 0. The van der Waals surface area contributed by atoms with Crippen LogP contribution in [0.2, 0.25) is 0 Å². The van der Waals surface area contributed by atoms with E-state index in [0.717, 1.165) is 8.97 Å². The molecule has 0 aliphatic rings. The third-order valence-electron chi connectivity index (χ3n) is 6.02. The summed E-state index contributed by atoms with van der Waals surface area (Å²) in [5.74, 6) is 0. The van der Waals surface area contributed by atoms with Crippen LogP contribution in [-0.4, -0.2) is 64.3 Å². The van der Waals surface area contributed by atoms with Gasteiger partial charge in [0.15, 0.2) is 0 Å². The molecule has 0 heterocycles. The van der Waals surface area contributed by atoms with Crippen LogP contribution in [0.1, 0.15) is 91.9 Å². The summed E-state index contributed by atoms with van der Waals surface area (Å²) in [6.07, 6.45) is 22.0. The zero-order valence-corrected chi connectivity index (χ0v) is 23.7. The van der Waals surface area contributed by atoms with Gasteiger partial charge in [-0.3, -0.25) is 0 Å². The summed E-state index contributed by atoms with van der Waals surface area (Å²) in [4.78, 5) is 0. The summed E-state index contributed by atoms with van der Waals surface area (Å²) >= 11 is 0. The second-order valence-electron chi connectivity index (χ2n) is 12.1. The molecular weight excluding hydrogens is 388 g/mol. The van der Waals surface area contributed by atoms with E-state index in [1.54, 1.807) is 16.7 Å². The predicted octanol–water partition coefficient (Wildman–Crippen LogP) is 8.09. The molecule has 32 heavy (non-hydrogen) atoms. The van der Waals surface area contributed by atoms with Crippen LogP contribution in [0, 0.1) is 0 Å². The van der Waals surface area contributed by atoms with Crippen LogP contribution in [0.5, 0.6) is 0 Å². The Balaban J connectivity index is 4.04. The average Bonchev–Trinajstić information content (AvgIpc) is 2.63. The van der Waals surface area contributed by atoms with Gasteiger partial charge in [-0.2, -0.15) is 0 Å². The summed E-state index contributed by atoms with van der Waals surface area (Å²) in [6, 6.07) is 0. The molecule has 2 nitrogen and oxygen atoms in total. The Morgan fingerprint density at radius 1 is 0.438 bits per heavy atom. The summed E-state index contributed by atoms with van der Waals surface area (Å²) in [5, 5.41) is 0. The SMILES string of the molecule is C/C(=C\CC/C=C(\C)CCC[N+](C)(C)C)CC/C=C(\C)CC/C=C(\C)CCC[N+](C)(C)C. The van der Waals surface area contributed by atoms with Crippen LogP contribution in [0.15, 0.2) is 46.6 Å². The van der Waals surface area contributed by atoms with E-state index >= 15 is 0 Å². The molecule has 0 radical (unpaired) electrons. The Hall–Kier alpha value is -1.12. The van der Waals surface area contributed by atoms with Crippen LogP contribution in [0.3, 0.4) is 0 Å². The number of allylic oxidation sites excluding steroid dienone is 8. The fourth-order valence-electron chi connectivity index (χ4n) is 3.82. The highest BCUT2D eigenvalue weighted by Gasteiger charge is 2.06. The van der Waals surface area contributed by atoms with Gasteiger partial charge in [-0.25, -0.2) is 0 Å². The molecule has 0 fully saturated rings. The predicted molar refractivity (Wildman–Crippen MR) is 147 cm³/mol. The third-order valence-corrected chi connectivity index (χ3v) is 6.02. The lowest BCUT2D eigenvalue weighted by molar-refractivity contribution is -0.870. The molecule has 0 rings (SSSR count). The van der Waals surface area contributed by atoms with E-state index in [-0.39, 0.29) is 0 Å². The summed E-state index contributed by atoms with van der Waals surface area (Å²) in [5.41, 5.74) is 6.20. The van der Waals surface area contributed by atoms with Crippen molar-refractivity contribution in [1.29, 1.82) is 0 Å². The maximum atomic E-state index is 2.45. The molecule has 0 spiro atoms. The smallest absolute Gasteiger partial charge is 0.0783 e. The molecular formula is C30H58N2+2. The molecule has 0 aromatic rings. The average molecular weight is 447 g/mol. The lowest BCUT2D eigenvalue weighted by atomic mass is 10.0. The fraction of sp³-hybridized carbons (Fsp3) is 0.733. The standard InChI is InChI=1S/C30H58N2/c1-27(17-11-12-18-28(2)23-15-25-31(5,6)7)19-13-20-29(3)21-14-22-30(4)24-16-26-32(8,9)10/h17-18,20,22H,11-16,19,21,23-26H2,1-10H3/q+2/b27-17+,28-18+,29-20+,30-22+. The fourth-order valence-corrected chi connectivity index (χ4v) is 3.82. The molecule has 0 unspecified atom stereocenters. The van der Waals surface area contributed by atoms with Crippen molar-refractivity contribution in [3.05, 3.63) is 46.6 Å². The first-order valence-electron chi connectivity index (χ1n) is 13.0. The molecule has 0 aromatic heterocycles. The van der Waals surface area contributed by atoms with Gasteiger partial charge >= 0.3 is 0 Å². The van der Waals surface area contributed by atoms with Gasteiger partial charge in [0.1, 0.15) is 0 Å². The summed E-state index contributed by atoms with van der Waals surface area (Å²) < 4.78 is 2.13. The van der Waals surface area contributed by atoms with Crippen molar-refractivity contribution in [3.8, 4) is 0 Å². The van der Waals surface area contributed by atoms with Gasteiger partial charge in [-0.15, -0.1) is 0 Å². The second kappa shape index (κ2) is 16.5. The molecule has 2 heteroatoms. The normalized spacial score (nSPS) is 14.9. The van der Waals surface area contributed by atoms with Gasteiger partial charge in [0.25, 0.3) is 0 Å². The summed E-state index contributed by atoms with van der Waals surface area (Å²) in [7, 11) is 13.7.